The van der Waals surface area contributed by atoms with Crippen LogP contribution in [0.4, 0.5) is 0 Å². The summed E-state index contributed by atoms with van der Waals surface area (Å²) in [5, 5.41) is 11.5. The van der Waals surface area contributed by atoms with Crippen LogP contribution in [-0.2, 0) is 6.42 Å². The van der Waals surface area contributed by atoms with Crippen LogP contribution in [-0.4, -0.2) is 10.1 Å². The lowest BCUT2D eigenvalue weighted by Gasteiger charge is -2.13. The van der Waals surface area contributed by atoms with Gasteiger partial charge in [0.25, 0.3) is 0 Å². The SMILES string of the molecule is Cc1cc(C(O)Cc2ccncc2Cl)ccc1Cl. The molecule has 94 valence electrons. The molecule has 0 fully saturated rings. The second-order valence-electron chi connectivity index (χ2n) is 4.20. The van der Waals surface area contributed by atoms with Crippen LogP contribution >= 0.6 is 23.2 Å². The van der Waals surface area contributed by atoms with Crippen molar-refractivity contribution >= 4 is 23.2 Å². The smallest absolute Gasteiger partial charge is 0.0831 e. The van der Waals surface area contributed by atoms with Crippen LogP contribution < -0.4 is 0 Å². The Balaban J connectivity index is 2.19. The molecule has 1 aromatic heterocycles. The number of aliphatic hydroxyl groups is 1. The molecule has 2 nitrogen and oxygen atoms in total. The third kappa shape index (κ3) is 3.02. The van der Waals surface area contributed by atoms with E-state index in [9.17, 15) is 5.11 Å². The topological polar surface area (TPSA) is 33.1 Å². The molecule has 0 aliphatic carbocycles. The predicted octanol–water partition coefficient (Wildman–Crippen LogP) is 3.97. The van der Waals surface area contributed by atoms with E-state index in [1.54, 1.807) is 18.5 Å². The molecule has 2 aromatic rings. The third-order valence-corrected chi connectivity index (χ3v) is 3.60. The molecule has 1 atom stereocenters. The molecule has 18 heavy (non-hydrogen) atoms. The molecule has 0 aliphatic rings. The Hall–Kier alpha value is -1.09. The van der Waals surface area contributed by atoms with Crippen LogP contribution in [0.15, 0.2) is 36.7 Å². The monoisotopic (exact) mass is 281 g/mol. The maximum Gasteiger partial charge on any atom is 0.0831 e. The van der Waals surface area contributed by atoms with Crippen molar-refractivity contribution in [2.24, 2.45) is 0 Å². The Kier molecular flexibility index (Phi) is 4.23. The predicted molar refractivity (Wildman–Crippen MR) is 74.1 cm³/mol. The summed E-state index contributed by atoms with van der Waals surface area (Å²) in [4.78, 5) is 3.92. The van der Waals surface area contributed by atoms with Crippen LogP contribution in [0, 0.1) is 6.92 Å². The first-order chi connectivity index (χ1) is 8.58. The van der Waals surface area contributed by atoms with Crippen molar-refractivity contribution in [2.75, 3.05) is 0 Å². The van der Waals surface area contributed by atoms with Crippen molar-refractivity contribution in [1.82, 2.24) is 4.98 Å². The zero-order valence-corrected chi connectivity index (χ0v) is 11.4. The minimum absolute atomic E-state index is 0.461. The fourth-order valence-corrected chi connectivity index (χ4v) is 2.08. The Morgan fingerprint density at radius 2 is 2.00 bits per heavy atom. The second kappa shape index (κ2) is 5.70. The van der Waals surface area contributed by atoms with Crippen LogP contribution in [0.3, 0.4) is 0 Å². The van der Waals surface area contributed by atoms with Crippen LogP contribution in [0.2, 0.25) is 10.0 Å². The van der Waals surface area contributed by atoms with Gasteiger partial charge in [0.2, 0.25) is 0 Å². The number of benzene rings is 1. The van der Waals surface area contributed by atoms with E-state index in [-0.39, 0.29) is 0 Å². The number of pyridine rings is 1. The minimum Gasteiger partial charge on any atom is -0.388 e. The molecule has 0 saturated heterocycles. The molecule has 2 rings (SSSR count). The lowest BCUT2D eigenvalue weighted by Crippen LogP contribution is -2.03. The molecule has 0 saturated carbocycles. The van der Waals surface area contributed by atoms with E-state index in [4.69, 9.17) is 23.2 Å². The van der Waals surface area contributed by atoms with Gasteiger partial charge in [0, 0.05) is 23.8 Å². The van der Waals surface area contributed by atoms with Gasteiger partial charge in [-0.1, -0.05) is 35.3 Å². The molecule has 1 aromatic carbocycles. The Labute approximate surface area is 116 Å². The standard InChI is InChI=1S/C14H13Cl2NO/c1-9-6-11(2-3-12(9)15)14(18)7-10-4-5-17-8-13(10)16/h2-6,8,14,18H,7H2,1H3. The van der Waals surface area contributed by atoms with Crippen molar-refractivity contribution in [3.05, 3.63) is 63.4 Å². The normalized spacial score (nSPS) is 12.4. The molecule has 1 N–H and O–H groups in total. The first-order valence-corrected chi connectivity index (χ1v) is 6.36. The van der Waals surface area contributed by atoms with E-state index < -0.39 is 6.10 Å². The fraction of sp³-hybridized carbons (Fsp3) is 0.214. The number of hydrogen-bond donors (Lipinski definition) is 1. The van der Waals surface area contributed by atoms with E-state index in [2.05, 4.69) is 4.98 Å². The molecule has 0 spiro atoms. The summed E-state index contributed by atoms with van der Waals surface area (Å²) in [6, 6.07) is 7.33. The largest absolute Gasteiger partial charge is 0.388 e. The first-order valence-electron chi connectivity index (χ1n) is 5.60. The molecule has 1 unspecified atom stereocenters. The van der Waals surface area contributed by atoms with E-state index in [1.807, 2.05) is 25.1 Å². The van der Waals surface area contributed by atoms with Crippen molar-refractivity contribution < 1.29 is 5.11 Å². The van der Waals surface area contributed by atoms with Gasteiger partial charge in [-0.25, -0.2) is 0 Å². The molecule has 0 bridgehead atoms. The lowest BCUT2D eigenvalue weighted by atomic mass is 10.0. The number of aryl methyl sites for hydroxylation is 1. The quantitative estimate of drug-likeness (QED) is 0.923. The summed E-state index contributed by atoms with van der Waals surface area (Å²) in [5.74, 6) is 0. The van der Waals surface area contributed by atoms with Crippen molar-refractivity contribution in [2.45, 2.75) is 19.4 Å². The van der Waals surface area contributed by atoms with Crippen molar-refractivity contribution in [1.29, 1.82) is 0 Å². The van der Waals surface area contributed by atoms with Gasteiger partial charge in [-0.2, -0.15) is 0 Å². The number of nitrogens with zero attached hydrogens (tertiary/aromatic N) is 1. The zero-order chi connectivity index (χ0) is 13.1. The highest BCUT2D eigenvalue weighted by Crippen LogP contribution is 2.25. The summed E-state index contributed by atoms with van der Waals surface area (Å²) >= 11 is 12.0. The van der Waals surface area contributed by atoms with Gasteiger partial charge in [0.1, 0.15) is 0 Å². The summed E-state index contributed by atoms with van der Waals surface area (Å²) in [6.45, 7) is 1.91. The average Bonchev–Trinajstić information content (AvgIpc) is 2.35. The molecule has 0 radical (unpaired) electrons. The number of hydrogen-bond acceptors (Lipinski definition) is 2. The minimum atomic E-state index is -0.596. The maximum atomic E-state index is 10.2. The van der Waals surface area contributed by atoms with E-state index >= 15 is 0 Å². The molecular formula is C14H13Cl2NO. The van der Waals surface area contributed by atoms with E-state index in [0.717, 1.165) is 16.7 Å². The number of rotatable bonds is 3. The third-order valence-electron chi connectivity index (χ3n) is 2.84. The summed E-state index contributed by atoms with van der Waals surface area (Å²) < 4.78 is 0. The van der Waals surface area contributed by atoms with Gasteiger partial charge < -0.3 is 5.11 Å². The Morgan fingerprint density at radius 1 is 1.22 bits per heavy atom. The molecule has 1 heterocycles. The number of halogens is 2. The van der Waals surface area contributed by atoms with Gasteiger partial charge in [-0.3, -0.25) is 4.98 Å². The number of aliphatic hydroxyl groups excluding tert-OH is 1. The van der Waals surface area contributed by atoms with Crippen LogP contribution in [0.1, 0.15) is 22.8 Å². The van der Waals surface area contributed by atoms with Crippen LogP contribution in [0.5, 0.6) is 0 Å². The van der Waals surface area contributed by atoms with Gasteiger partial charge in [-0.05, 0) is 35.7 Å². The molecule has 4 heteroatoms. The highest BCUT2D eigenvalue weighted by molar-refractivity contribution is 6.31. The maximum absolute atomic E-state index is 10.2. The van der Waals surface area contributed by atoms with Crippen molar-refractivity contribution in [3.8, 4) is 0 Å². The summed E-state index contributed by atoms with van der Waals surface area (Å²) in [7, 11) is 0. The van der Waals surface area contributed by atoms with Crippen LogP contribution in [0.25, 0.3) is 0 Å². The van der Waals surface area contributed by atoms with Crippen molar-refractivity contribution in [3.63, 3.8) is 0 Å². The average molecular weight is 282 g/mol. The van der Waals surface area contributed by atoms with Gasteiger partial charge >= 0.3 is 0 Å². The Bertz CT molecular complexity index is 557. The fourth-order valence-electron chi connectivity index (χ4n) is 1.77. The highest BCUT2D eigenvalue weighted by atomic mass is 35.5. The molecule has 0 aliphatic heterocycles. The van der Waals surface area contributed by atoms with Gasteiger partial charge in [-0.15, -0.1) is 0 Å². The Morgan fingerprint density at radius 3 is 2.67 bits per heavy atom. The second-order valence-corrected chi connectivity index (χ2v) is 5.01. The van der Waals surface area contributed by atoms with Gasteiger partial charge in [0.05, 0.1) is 11.1 Å². The summed E-state index contributed by atoms with van der Waals surface area (Å²) in [5.41, 5.74) is 2.67. The van der Waals surface area contributed by atoms with Gasteiger partial charge in [0.15, 0.2) is 0 Å². The molecular weight excluding hydrogens is 269 g/mol. The first kappa shape index (κ1) is 13.3. The van der Waals surface area contributed by atoms with E-state index in [0.29, 0.717) is 16.5 Å². The molecule has 0 amide bonds. The summed E-state index contributed by atoms with van der Waals surface area (Å²) in [6.07, 6.45) is 3.11. The van der Waals surface area contributed by atoms with E-state index in [1.165, 1.54) is 0 Å². The highest BCUT2D eigenvalue weighted by Gasteiger charge is 2.11. The lowest BCUT2D eigenvalue weighted by molar-refractivity contribution is 0.178. The zero-order valence-electron chi connectivity index (χ0n) is 9.90. The number of aromatic nitrogens is 1.